The quantitative estimate of drug-likeness (QED) is 0.886. The van der Waals surface area contributed by atoms with Gasteiger partial charge in [0.25, 0.3) is 0 Å². The maximum atomic E-state index is 13.7. The van der Waals surface area contributed by atoms with Gasteiger partial charge in [-0.05, 0) is 25.0 Å². The summed E-state index contributed by atoms with van der Waals surface area (Å²) in [6.07, 6.45) is 1.99. The van der Waals surface area contributed by atoms with Crippen LogP contribution in [0.3, 0.4) is 0 Å². The molecular weight excluding hydrogens is 262 g/mol. The second-order valence-electron chi connectivity index (χ2n) is 5.08. The van der Waals surface area contributed by atoms with Crippen LogP contribution in [0.1, 0.15) is 12.8 Å². The third kappa shape index (κ3) is 2.38. The van der Waals surface area contributed by atoms with Crippen LogP contribution in [-0.4, -0.2) is 29.3 Å². The smallest absolute Gasteiger partial charge is 0.151 e. The molecule has 0 saturated carbocycles. The summed E-state index contributed by atoms with van der Waals surface area (Å²) in [6.45, 7) is 1.57. The summed E-state index contributed by atoms with van der Waals surface area (Å²) in [6, 6.07) is 5.59. The molecule has 1 aliphatic rings. The van der Waals surface area contributed by atoms with Gasteiger partial charge in [-0.2, -0.15) is 5.10 Å². The molecule has 1 fully saturated rings. The van der Waals surface area contributed by atoms with Crippen molar-refractivity contribution in [2.24, 2.45) is 5.73 Å². The fourth-order valence-electron chi connectivity index (χ4n) is 2.57. The standard InChI is InChI=1S/C14H16F2N4/c15-10-4-1-5-11(16)14(10)12-7-13(19-18-12)20-6-2-3-9(17)8-20/h1,4-5,7,9H,2-3,6,8,17H2,(H,18,19). The van der Waals surface area contributed by atoms with E-state index >= 15 is 0 Å². The fraction of sp³-hybridized carbons (Fsp3) is 0.357. The van der Waals surface area contributed by atoms with Crippen molar-refractivity contribution in [3.8, 4) is 11.3 Å². The minimum Gasteiger partial charge on any atom is -0.354 e. The maximum Gasteiger partial charge on any atom is 0.151 e. The Morgan fingerprint density at radius 3 is 2.75 bits per heavy atom. The van der Waals surface area contributed by atoms with E-state index in [1.54, 1.807) is 6.07 Å². The highest BCUT2D eigenvalue weighted by Crippen LogP contribution is 2.27. The van der Waals surface area contributed by atoms with Gasteiger partial charge in [0, 0.05) is 25.2 Å². The summed E-state index contributed by atoms with van der Waals surface area (Å²) in [4.78, 5) is 2.03. The number of hydrogen-bond acceptors (Lipinski definition) is 3. The Labute approximate surface area is 115 Å². The lowest BCUT2D eigenvalue weighted by Crippen LogP contribution is -2.43. The third-order valence-electron chi connectivity index (χ3n) is 3.58. The second kappa shape index (κ2) is 5.20. The first-order valence-corrected chi connectivity index (χ1v) is 6.65. The van der Waals surface area contributed by atoms with Crippen LogP contribution in [0.2, 0.25) is 0 Å². The molecule has 1 aromatic carbocycles. The molecule has 20 heavy (non-hydrogen) atoms. The molecular formula is C14H16F2N4. The van der Waals surface area contributed by atoms with E-state index in [-0.39, 0.29) is 11.6 Å². The van der Waals surface area contributed by atoms with E-state index in [0.717, 1.165) is 19.4 Å². The lowest BCUT2D eigenvalue weighted by Gasteiger charge is -2.30. The number of nitrogens with zero attached hydrogens (tertiary/aromatic N) is 2. The highest BCUT2D eigenvalue weighted by molar-refractivity contribution is 5.64. The van der Waals surface area contributed by atoms with Crippen molar-refractivity contribution in [3.63, 3.8) is 0 Å². The first kappa shape index (κ1) is 13.1. The molecule has 1 atom stereocenters. The highest BCUT2D eigenvalue weighted by atomic mass is 19.1. The Balaban J connectivity index is 1.90. The molecule has 1 aliphatic heterocycles. The predicted octanol–water partition coefficient (Wildman–Crippen LogP) is 2.28. The lowest BCUT2D eigenvalue weighted by molar-refractivity contribution is 0.503. The molecule has 3 rings (SSSR count). The molecule has 0 spiro atoms. The van der Waals surface area contributed by atoms with Gasteiger partial charge in [0.2, 0.25) is 0 Å². The monoisotopic (exact) mass is 278 g/mol. The number of H-pyrrole nitrogens is 1. The van der Waals surface area contributed by atoms with E-state index in [1.165, 1.54) is 18.2 Å². The average molecular weight is 278 g/mol. The molecule has 0 aliphatic carbocycles. The van der Waals surface area contributed by atoms with Crippen LogP contribution in [0.15, 0.2) is 24.3 Å². The largest absolute Gasteiger partial charge is 0.354 e. The van der Waals surface area contributed by atoms with Gasteiger partial charge in [-0.3, -0.25) is 5.10 Å². The number of benzene rings is 1. The molecule has 1 unspecified atom stereocenters. The number of nitrogens with two attached hydrogens (primary N) is 1. The summed E-state index contributed by atoms with van der Waals surface area (Å²) in [5.41, 5.74) is 6.19. The predicted molar refractivity (Wildman–Crippen MR) is 73.4 cm³/mol. The molecule has 4 nitrogen and oxygen atoms in total. The van der Waals surface area contributed by atoms with Crippen LogP contribution in [0.5, 0.6) is 0 Å². The summed E-state index contributed by atoms with van der Waals surface area (Å²) >= 11 is 0. The van der Waals surface area contributed by atoms with E-state index in [1.807, 2.05) is 4.90 Å². The van der Waals surface area contributed by atoms with Crippen LogP contribution in [0.25, 0.3) is 11.3 Å². The Morgan fingerprint density at radius 2 is 2.05 bits per heavy atom. The van der Waals surface area contributed by atoms with Gasteiger partial charge in [-0.1, -0.05) is 6.07 Å². The maximum absolute atomic E-state index is 13.7. The molecule has 1 aromatic heterocycles. The van der Waals surface area contributed by atoms with Gasteiger partial charge >= 0.3 is 0 Å². The molecule has 2 aromatic rings. The molecule has 1 saturated heterocycles. The summed E-state index contributed by atoms with van der Waals surface area (Å²) < 4.78 is 27.5. The zero-order chi connectivity index (χ0) is 14.1. The number of nitrogens with one attached hydrogen (secondary N) is 1. The first-order valence-electron chi connectivity index (χ1n) is 6.65. The minimum atomic E-state index is -0.601. The van der Waals surface area contributed by atoms with Crippen LogP contribution >= 0.6 is 0 Å². The van der Waals surface area contributed by atoms with Crippen molar-refractivity contribution in [2.75, 3.05) is 18.0 Å². The van der Waals surface area contributed by atoms with Crippen LogP contribution in [-0.2, 0) is 0 Å². The van der Waals surface area contributed by atoms with Gasteiger partial charge in [0.1, 0.15) is 11.6 Å². The molecule has 0 amide bonds. The SMILES string of the molecule is NC1CCCN(c2cc(-c3c(F)cccc3F)[nH]n2)C1. The zero-order valence-corrected chi connectivity index (χ0v) is 10.9. The molecule has 106 valence electrons. The van der Waals surface area contributed by atoms with Crippen LogP contribution in [0.4, 0.5) is 14.6 Å². The Kier molecular flexibility index (Phi) is 3.40. The number of halogens is 2. The fourth-order valence-corrected chi connectivity index (χ4v) is 2.57. The highest BCUT2D eigenvalue weighted by Gasteiger charge is 2.20. The zero-order valence-electron chi connectivity index (χ0n) is 10.9. The first-order chi connectivity index (χ1) is 9.65. The molecule has 0 radical (unpaired) electrons. The van der Waals surface area contributed by atoms with Crippen molar-refractivity contribution < 1.29 is 8.78 Å². The molecule has 2 heterocycles. The number of anilines is 1. The summed E-state index contributed by atoms with van der Waals surface area (Å²) in [7, 11) is 0. The number of piperidine rings is 1. The Bertz CT molecular complexity index is 591. The minimum absolute atomic E-state index is 0.0763. The molecule has 3 N–H and O–H groups in total. The van der Waals surface area contributed by atoms with Crippen molar-refractivity contribution in [1.82, 2.24) is 10.2 Å². The average Bonchev–Trinajstić information content (AvgIpc) is 2.88. The van der Waals surface area contributed by atoms with E-state index in [2.05, 4.69) is 10.2 Å². The van der Waals surface area contributed by atoms with Crippen molar-refractivity contribution in [3.05, 3.63) is 35.9 Å². The normalized spacial score (nSPS) is 19.4. The van der Waals surface area contributed by atoms with Gasteiger partial charge in [0.15, 0.2) is 5.82 Å². The summed E-state index contributed by atoms with van der Waals surface area (Å²) in [5.74, 6) is -0.524. The summed E-state index contributed by atoms with van der Waals surface area (Å²) in [5, 5.41) is 6.85. The number of hydrogen-bond donors (Lipinski definition) is 2. The number of aromatic amines is 1. The molecule has 0 bridgehead atoms. The third-order valence-corrected chi connectivity index (χ3v) is 3.58. The Hall–Kier alpha value is -1.95. The number of aromatic nitrogens is 2. The van der Waals surface area contributed by atoms with E-state index in [0.29, 0.717) is 18.1 Å². The van der Waals surface area contributed by atoms with E-state index in [9.17, 15) is 8.78 Å². The van der Waals surface area contributed by atoms with Gasteiger partial charge in [0.05, 0.1) is 11.3 Å². The van der Waals surface area contributed by atoms with Crippen molar-refractivity contribution in [2.45, 2.75) is 18.9 Å². The van der Waals surface area contributed by atoms with Gasteiger partial charge in [-0.25, -0.2) is 8.78 Å². The van der Waals surface area contributed by atoms with Crippen molar-refractivity contribution in [1.29, 1.82) is 0 Å². The molecule has 6 heteroatoms. The van der Waals surface area contributed by atoms with Gasteiger partial charge in [-0.15, -0.1) is 0 Å². The van der Waals surface area contributed by atoms with Crippen LogP contribution < -0.4 is 10.6 Å². The van der Waals surface area contributed by atoms with E-state index < -0.39 is 11.6 Å². The number of rotatable bonds is 2. The van der Waals surface area contributed by atoms with Crippen molar-refractivity contribution >= 4 is 5.82 Å². The topological polar surface area (TPSA) is 57.9 Å². The Morgan fingerprint density at radius 1 is 1.30 bits per heavy atom. The lowest BCUT2D eigenvalue weighted by atomic mass is 10.1. The van der Waals surface area contributed by atoms with Crippen LogP contribution in [0, 0.1) is 11.6 Å². The van der Waals surface area contributed by atoms with E-state index in [4.69, 9.17) is 5.73 Å². The van der Waals surface area contributed by atoms with Gasteiger partial charge < -0.3 is 10.6 Å². The second-order valence-corrected chi connectivity index (χ2v) is 5.08.